The van der Waals surface area contributed by atoms with Crippen molar-refractivity contribution in [2.24, 2.45) is 0 Å². The Bertz CT molecular complexity index is 437. The number of carboxylic acid groups (broad SMARTS) is 1. The molecule has 1 saturated heterocycles. The number of aryl methyl sites for hydroxylation is 1. The average Bonchev–Trinajstić information content (AvgIpc) is 2.69. The van der Waals surface area contributed by atoms with E-state index < -0.39 is 6.09 Å². The lowest BCUT2D eigenvalue weighted by Crippen LogP contribution is -2.36. The topological polar surface area (TPSA) is 52.6 Å². The molecule has 2 N–H and O–H groups in total. The molecule has 92 valence electrons. The van der Waals surface area contributed by atoms with Gasteiger partial charge in [0.25, 0.3) is 0 Å². The lowest BCUT2D eigenvalue weighted by Gasteiger charge is -2.19. The standard InChI is InChI=1S/C12H15FN2O2/c1-8-2-3-10(6-11(8)13)15-5-4-9(7-15)14-12(16)17/h2-3,6,9,14H,4-5,7H2,1H3,(H,16,17). The van der Waals surface area contributed by atoms with Gasteiger partial charge in [-0.3, -0.25) is 0 Å². The van der Waals surface area contributed by atoms with Gasteiger partial charge in [-0.05, 0) is 31.0 Å². The van der Waals surface area contributed by atoms with E-state index in [1.54, 1.807) is 13.0 Å². The normalized spacial score (nSPS) is 19.4. The maximum atomic E-state index is 13.4. The SMILES string of the molecule is Cc1ccc(N2CCC(NC(=O)O)C2)cc1F. The van der Waals surface area contributed by atoms with Gasteiger partial charge < -0.3 is 15.3 Å². The summed E-state index contributed by atoms with van der Waals surface area (Å²) >= 11 is 0. The fourth-order valence-corrected chi connectivity index (χ4v) is 2.07. The van der Waals surface area contributed by atoms with E-state index in [-0.39, 0.29) is 11.9 Å². The Morgan fingerprint density at radius 1 is 1.59 bits per heavy atom. The highest BCUT2D eigenvalue weighted by Crippen LogP contribution is 2.22. The summed E-state index contributed by atoms with van der Waals surface area (Å²) in [5.41, 5.74) is 1.43. The van der Waals surface area contributed by atoms with Crippen LogP contribution in [0.3, 0.4) is 0 Å². The molecule has 1 heterocycles. The summed E-state index contributed by atoms with van der Waals surface area (Å²) in [5, 5.41) is 11.1. The summed E-state index contributed by atoms with van der Waals surface area (Å²) in [6, 6.07) is 5.03. The highest BCUT2D eigenvalue weighted by atomic mass is 19.1. The van der Waals surface area contributed by atoms with Crippen LogP contribution < -0.4 is 10.2 Å². The number of anilines is 1. The van der Waals surface area contributed by atoms with E-state index in [0.29, 0.717) is 12.1 Å². The lowest BCUT2D eigenvalue weighted by atomic mass is 10.2. The van der Waals surface area contributed by atoms with Gasteiger partial charge in [0.2, 0.25) is 0 Å². The predicted molar refractivity (Wildman–Crippen MR) is 62.9 cm³/mol. The Labute approximate surface area is 99.0 Å². The number of nitrogens with zero attached hydrogens (tertiary/aromatic N) is 1. The quantitative estimate of drug-likeness (QED) is 0.828. The number of benzene rings is 1. The summed E-state index contributed by atoms with van der Waals surface area (Å²) in [5.74, 6) is -0.225. The van der Waals surface area contributed by atoms with Gasteiger partial charge in [-0.2, -0.15) is 0 Å². The molecule has 0 spiro atoms. The molecule has 0 aromatic heterocycles. The monoisotopic (exact) mass is 238 g/mol. The summed E-state index contributed by atoms with van der Waals surface area (Å²) in [4.78, 5) is 12.5. The van der Waals surface area contributed by atoms with Crippen LogP contribution in [0.2, 0.25) is 0 Å². The van der Waals surface area contributed by atoms with Gasteiger partial charge in [-0.25, -0.2) is 9.18 Å². The molecule has 0 radical (unpaired) electrons. The third-order valence-electron chi connectivity index (χ3n) is 3.04. The molecule has 5 heteroatoms. The molecule has 2 rings (SSSR count). The van der Waals surface area contributed by atoms with Crippen molar-refractivity contribution in [3.8, 4) is 0 Å². The fourth-order valence-electron chi connectivity index (χ4n) is 2.07. The van der Waals surface area contributed by atoms with E-state index in [4.69, 9.17) is 5.11 Å². The Kier molecular flexibility index (Phi) is 3.17. The Morgan fingerprint density at radius 3 is 3.00 bits per heavy atom. The van der Waals surface area contributed by atoms with E-state index in [0.717, 1.165) is 18.7 Å². The maximum Gasteiger partial charge on any atom is 0.404 e. The molecular weight excluding hydrogens is 223 g/mol. The zero-order valence-electron chi connectivity index (χ0n) is 9.61. The van der Waals surface area contributed by atoms with Crippen LogP contribution in [0.4, 0.5) is 14.9 Å². The summed E-state index contributed by atoms with van der Waals surface area (Å²) in [6.45, 7) is 3.06. The molecule has 0 saturated carbocycles. The highest BCUT2D eigenvalue weighted by molar-refractivity contribution is 5.65. The van der Waals surface area contributed by atoms with Crippen LogP contribution >= 0.6 is 0 Å². The van der Waals surface area contributed by atoms with Crippen LogP contribution in [0.5, 0.6) is 0 Å². The number of rotatable bonds is 2. The van der Waals surface area contributed by atoms with E-state index in [1.807, 2.05) is 11.0 Å². The summed E-state index contributed by atoms with van der Waals surface area (Å²) in [7, 11) is 0. The van der Waals surface area contributed by atoms with Crippen molar-refractivity contribution < 1.29 is 14.3 Å². The molecule has 1 fully saturated rings. The number of carbonyl (C=O) groups is 1. The number of hydrogen-bond acceptors (Lipinski definition) is 2. The molecule has 17 heavy (non-hydrogen) atoms. The average molecular weight is 238 g/mol. The molecule has 1 aromatic rings. The van der Waals surface area contributed by atoms with Gasteiger partial charge in [0.15, 0.2) is 0 Å². The number of nitrogens with one attached hydrogen (secondary N) is 1. The molecule has 1 aliphatic rings. The molecule has 0 aliphatic carbocycles. The number of halogens is 1. The van der Waals surface area contributed by atoms with E-state index in [9.17, 15) is 9.18 Å². The molecule has 4 nitrogen and oxygen atoms in total. The minimum absolute atomic E-state index is 0.0723. The minimum Gasteiger partial charge on any atom is -0.465 e. The third-order valence-corrected chi connectivity index (χ3v) is 3.04. The first kappa shape index (κ1) is 11.7. The second-order valence-electron chi connectivity index (χ2n) is 4.31. The molecule has 1 amide bonds. The van der Waals surface area contributed by atoms with Crippen LogP contribution in [0.15, 0.2) is 18.2 Å². The fraction of sp³-hybridized carbons (Fsp3) is 0.417. The van der Waals surface area contributed by atoms with Crippen molar-refractivity contribution in [2.75, 3.05) is 18.0 Å². The second kappa shape index (κ2) is 4.61. The van der Waals surface area contributed by atoms with E-state index >= 15 is 0 Å². The Hall–Kier alpha value is -1.78. The Morgan fingerprint density at radius 2 is 2.35 bits per heavy atom. The van der Waals surface area contributed by atoms with E-state index in [1.165, 1.54) is 6.07 Å². The predicted octanol–water partition coefficient (Wildman–Crippen LogP) is 1.98. The van der Waals surface area contributed by atoms with Gasteiger partial charge in [0.05, 0.1) is 6.04 Å². The lowest BCUT2D eigenvalue weighted by molar-refractivity contribution is 0.191. The largest absolute Gasteiger partial charge is 0.465 e. The van der Waals surface area contributed by atoms with Crippen molar-refractivity contribution in [1.82, 2.24) is 5.32 Å². The molecule has 1 unspecified atom stereocenters. The van der Waals surface area contributed by atoms with Gasteiger partial charge in [0.1, 0.15) is 5.82 Å². The molecule has 1 aromatic carbocycles. The van der Waals surface area contributed by atoms with Crippen molar-refractivity contribution in [1.29, 1.82) is 0 Å². The first-order valence-electron chi connectivity index (χ1n) is 5.57. The summed E-state index contributed by atoms with van der Waals surface area (Å²) in [6.07, 6.45) is -0.256. The smallest absolute Gasteiger partial charge is 0.404 e. The third kappa shape index (κ3) is 2.67. The van der Waals surface area contributed by atoms with Gasteiger partial charge in [-0.1, -0.05) is 6.07 Å². The zero-order valence-corrected chi connectivity index (χ0v) is 9.61. The van der Waals surface area contributed by atoms with Gasteiger partial charge in [-0.15, -0.1) is 0 Å². The van der Waals surface area contributed by atoms with Crippen LogP contribution in [-0.2, 0) is 0 Å². The van der Waals surface area contributed by atoms with Gasteiger partial charge >= 0.3 is 6.09 Å². The van der Waals surface area contributed by atoms with Crippen LogP contribution in [0.1, 0.15) is 12.0 Å². The highest BCUT2D eigenvalue weighted by Gasteiger charge is 2.24. The number of hydrogen-bond donors (Lipinski definition) is 2. The molecule has 0 bridgehead atoms. The van der Waals surface area contributed by atoms with Crippen molar-refractivity contribution in [3.63, 3.8) is 0 Å². The minimum atomic E-state index is -1.01. The van der Waals surface area contributed by atoms with Crippen LogP contribution in [0.25, 0.3) is 0 Å². The number of amides is 1. The van der Waals surface area contributed by atoms with Crippen molar-refractivity contribution in [3.05, 3.63) is 29.6 Å². The van der Waals surface area contributed by atoms with Crippen LogP contribution in [0, 0.1) is 12.7 Å². The molecular formula is C12H15FN2O2. The molecule has 1 atom stereocenters. The summed E-state index contributed by atoms with van der Waals surface area (Å²) < 4.78 is 13.4. The first-order chi connectivity index (χ1) is 8.06. The molecule has 1 aliphatic heterocycles. The zero-order chi connectivity index (χ0) is 12.4. The van der Waals surface area contributed by atoms with E-state index in [2.05, 4.69) is 5.32 Å². The maximum absolute atomic E-state index is 13.4. The van der Waals surface area contributed by atoms with Gasteiger partial charge in [0, 0.05) is 18.8 Å². The Balaban J connectivity index is 2.04. The first-order valence-corrected chi connectivity index (χ1v) is 5.57. The van der Waals surface area contributed by atoms with Crippen LogP contribution in [-0.4, -0.2) is 30.3 Å². The second-order valence-corrected chi connectivity index (χ2v) is 4.31. The van der Waals surface area contributed by atoms with Crippen molar-refractivity contribution in [2.45, 2.75) is 19.4 Å². The van der Waals surface area contributed by atoms with Crippen molar-refractivity contribution >= 4 is 11.8 Å².